The number of pyridine rings is 1. The average Bonchev–Trinajstić information content (AvgIpc) is 3.37. The van der Waals surface area contributed by atoms with E-state index in [4.69, 9.17) is 4.98 Å². The molecule has 10 heteroatoms. The lowest BCUT2D eigenvalue weighted by Gasteiger charge is -2.37. The van der Waals surface area contributed by atoms with Crippen molar-refractivity contribution < 1.29 is 15.0 Å². The summed E-state index contributed by atoms with van der Waals surface area (Å²) in [6, 6.07) is 15.7. The maximum atomic E-state index is 12.3. The van der Waals surface area contributed by atoms with Crippen molar-refractivity contribution in [3.8, 4) is 10.4 Å². The number of thiophene rings is 1. The second-order valence-electron chi connectivity index (χ2n) is 10.0. The lowest BCUT2D eigenvalue weighted by atomic mass is 10.1. The SMILES string of the molecule is CC(C)(O)C(=O)N1CCN(Cc2ccc(-c3cc4ncnc(N[C@H](CO)c5ccccc5)c4s3)cn2)CC1. The third-order valence-corrected chi connectivity index (χ3v) is 7.86. The van der Waals surface area contributed by atoms with Gasteiger partial charge in [0.2, 0.25) is 0 Å². The van der Waals surface area contributed by atoms with E-state index in [1.54, 1.807) is 16.2 Å². The van der Waals surface area contributed by atoms with Crippen LogP contribution in [0.15, 0.2) is 61.1 Å². The van der Waals surface area contributed by atoms with Crippen LogP contribution in [-0.2, 0) is 11.3 Å². The Balaban J connectivity index is 1.26. The van der Waals surface area contributed by atoms with Gasteiger partial charge < -0.3 is 20.4 Å². The second kappa shape index (κ2) is 11.1. The molecule has 1 fully saturated rings. The zero-order valence-electron chi connectivity index (χ0n) is 21.5. The minimum Gasteiger partial charge on any atom is -0.394 e. The number of aliphatic hydroxyl groups is 2. The van der Waals surface area contributed by atoms with Gasteiger partial charge in [0.05, 0.1) is 28.6 Å². The fourth-order valence-corrected chi connectivity index (χ4v) is 5.63. The molecule has 5 rings (SSSR count). The van der Waals surface area contributed by atoms with E-state index in [0.717, 1.165) is 45.0 Å². The summed E-state index contributed by atoms with van der Waals surface area (Å²) < 4.78 is 0.930. The Morgan fingerprint density at radius 3 is 2.50 bits per heavy atom. The maximum absolute atomic E-state index is 12.3. The Kier molecular flexibility index (Phi) is 7.66. The Labute approximate surface area is 225 Å². The second-order valence-corrected chi connectivity index (χ2v) is 11.1. The maximum Gasteiger partial charge on any atom is 0.254 e. The van der Waals surface area contributed by atoms with Crippen LogP contribution in [0.25, 0.3) is 20.7 Å². The molecule has 1 aliphatic heterocycles. The molecule has 4 aromatic rings. The highest BCUT2D eigenvalue weighted by Gasteiger charge is 2.31. The van der Waals surface area contributed by atoms with Crippen molar-refractivity contribution >= 4 is 33.3 Å². The predicted octanol–water partition coefficient (Wildman–Crippen LogP) is 3.31. The predicted molar refractivity (Wildman–Crippen MR) is 149 cm³/mol. The average molecular weight is 533 g/mol. The van der Waals surface area contributed by atoms with Crippen molar-refractivity contribution in [1.29, 1.82) is 0 Å². The van der Waals surface area contributed by atoms with Gasteiger partial charge in [0.1, 0.15) is 17.7 Å². The number of fused-ring (bicyclic) bond motifs is 1. The van der Waals surface area contributed by atoms with E-state index in [2.05, 4.69) is 26.3 Å². The van der Waals surface area contributed by atoms with Crippen molar-refractivity contribution in [2.75, 3.05) is 38.1 Å². The van der Waals surface area contributed by atoms with Gasteiger partial charge in [-0.15, -0.1) is 11.3 Å². The molecular weight excluding hydrogens is 500 g/mol. The van der Waals surface area contributed by atoms with Gasteiger partial charge >= 0.3 is 0 Å². The van der Waals surface area contributed by atoms with Crippen LogP contribution in [0, 0.1) is 0 Å². The first-order valence-electron chi connectivity index (χ1n) is 12.7. The number of nitrogens with one attached hydrogen (secondary N) is 1. The molecule has 0 unspecified atom stereocenters. The summed E-state index contributed by atoms with van der Waals surface area (Å²) >= 11 is 1.59. The highest BCUT2D eigenvalue weighted by molar-refractivity contribution is 7.22. The van der Waals surface area contributed by atoms with E-state index < -0.39 is 5.60 Å². The van der Waals surface area contributed by atoms with Gasteiger partial charge in [0.25, 0.3) is 5.91 Å². The van der Waals surface area contributed by atoms with Crippen molar-refractivity contribution in [3.05, 3.63) is 72.3 Å². The van der Waals surface area contributed by atoms with Crippen LogP contribution in [0.5, 0.6) is 0 Å². The number of anilines is 1. The summed E-state index contributed by atoms with van der Waals surface area (Å²) in [5.41, 5.74) is 2.47. The normalized spacial score (nSPS) is 15.5. The summed E-state index contributed by atoms with van der Waals surface area (Å²) in [6.45, 7) is 6.40. The third kappa shape index (κ3) is 5.83. The van der Waals surface area contributed by atoms with Crippen molar-refractivity contribution in [3.63, 3.8) is 0 Å². The zero-order chi connectivity index (χ0) is 26.7. The minimum atomic E-state index is -1.34. The molecule has 0 radical (unpaired) electrons. The van der Waals surface area contributed by atoms with E-state index in [0.29, 0.717) is 25.5 Å². The van der Waals surface area contributed by atoms with Crippen LogP contribution in [-0.4, -0.2) is 79.3 Å². The fraction of sp³-hybridized carbons (Fsp3) is 0.357. The zero-order valence-corrected chi connectivity index (χ0v) is 22.4. The monoisotopic (exact) mass is 532 g/mol. The van der Waals surface area contributed by atoms with Crippen LogP contribution in [0.3, 0.4) is 0 Å². The lowest BCUT2D eigenvalue weighted by molar-refractivity contribution is -0.149. The number of rotatable bonds is 8. The molecule has 4 heterocycles. The summed E-state index contributed by atoms with van der Waals surface area (Å²) in [5.74, 6) is 0.471. The molecule has 1 amide bonds. The first-order chi connectivity index (χ1) is 18.3. The summed E-state index contributed by atoms with van der Waals surface area (Å²) in [6.07, 6.45) is 3.42. The van der Waals surface area contributed by atoms with Gasteiger partial charge in [-0.2, -0.15) is 0 Å². The quantitative estimate of drug-likeness (QED) is 0.317. The number of carbonyl (C=O) groups excluding carboxylic acids is 1. The summed E-state index contributed by atoms with van der Waals surface area (Å²) in [7, 11) is 0. The highest BCUT2D eigenvalue weighted by atomic mass is 32.1. The summed E-state index contributed by atoms with van der Waals surface area (Å²) in [5, 5.41) is 23.3. The largest absolute Gasteiger partial charge is 0.394 e. The molecule has 0 bridgehead atoms. The molecule has 3 N–H and O–H groups in total. The molecule has 1 atom stereocenters. The standard InChI is InChI=1S/C28H32N6O3S/c1-28(2,37)27(36)34-12-10-33(11-13-34)16-21-9-8-20(15-29-21)24-14-22-25(38-24)26(31-18-30-22)32-23(17-35)19-6-4-3-5-7-19/h3-9,14-15,18,23,35,37H,10-13,16-17H2,1-2H3,(H,30,31,32)/t23-/m1/s1. The molecule has 1 aromatic carbocycles. The van der Waals surface area contributed by atoms with Crippen LogP contribution in [0.1, 0.15) is 31.1 Å². The van der Waals surface area contributed by atoms with Crippen molar-refractivity contribution in [2.45, 2.75) is 32.0 Å². The molecule has 0 spiro atoms. The molecule has 198 valence electrons. The molecule has 9 nitrogen and oxygen atoms in total. The van der Waals surface area contributed by atoms with Gasteiger partial charge in [0.15, 0.2) is 0 Å². The first kappa shape index (κ1) is 26.2. The lowest BCUT2D eigenvalue weighted by Crippen LogP contribution is -2.53. The molecule has 38 heavy (non-hydrogen) atoms. The van der Waals surface area contributed by atoms with Gasteiger partial charge in [-0.3, -0.25) is 14.7 Å². The molecular formula is C28H32N6O3S. The molecule has 1 aliphatic rings. The van der Waals surface area contributed by atoms with E-state index in [1.165, 1.54) is 20.2 Å². The van der Waals surface area contributed by atoms with E-state index in [1.807, 2.05) is 48.7 Å². The number of aromatic nitrogens is 3. The molecule has 0 aliphatic carbocycles. The Bertz CT molecular complexity index is 1380. The number of nitrogens with zero attached hydrogens (tertiary/aromatic N) is 5. The van der Waals surface area contributed by atoms with Crippen LogP contribution in [0.4, 0.5) is 5.82 Å². The third-order valence-electron chi connectivity index (χ3n) is 6.68. The van der Waals surface area contributed by atoms with Crippen LogP contribution >= 0.6 is 11.3 Å². The fourth-order valence-electron chi connectivity index (χ4n) is 4.57. The number of benzene rings is 1. The minimum absolute atomic E-state index is 0.0517. The Morgan fingerprint density at radius 1 is 1.08 bits per heavy atom. The topological polar surface area (TPSA) is 115 Å². The van der Waals surface area contributed by atoms with Crippen molar-refractivity contribution in [1.82, 2.24) is 24.8 Å². The molecule has 3 aromatic heterocycles. The molecule has 1 saturated heterocycles. The van der Waals surface area contributed by atoms with E-state index in [9.17, 15) is 15.0 Å². The number of hydrogen-bond donors (Lipinski definition) is 3. The number of hydrogen-bond acceptors (Lipinski definition) is 9. The summed E-state index contributed by atoms with van der Waals surface area (Å²) in [4.78, 5) is 30.9. The van der Waals surface area contributed by atoms with E-state index in [-0.39, 0.29) is 18.6 Å². The van der Waals surface area contributed by atoms with Gasteiger partial charge in [0, 0.05) is 49.4 Å². The van der Waals surface area contributed by atoms with Gasteiger partial charge in [-0.1, -0.05) is 36.4 Å². The number of amides is 1. The molecule has 0 saturated carbocycles. The highest BCUT2D eigenvalue weighted by Crippen LogP contribution is 2.36. The number of aliphatic hydroxyl groups excluding tert-OH is 1. The van der Waals surface area contributed by atoms with Crippen molar-refractivity contribution in [2.24, 2.45) is 0 Å². The van der Waals surface area contributed by atoms with Crippen LogP contribution in [0.2, 0.25) is 0 Å². The first-order valence-corrected chi connectivity index (χ1v) is 13.5. The van der Waals surface area contributed by atoms with Gasteiger partial charge in [-0.05, 0) is 31.5 Å². The van der Waals surface area contributed by atoms with E-state index >= 15 is 0 Å². The Hall–Kier alpha value is -3.44. The van der Waals surface area contributed by atoms with Crippen LogP contribution < -0.4 is 5.32 Å². The van der Waals surface area contributed by atoms with Gasteiger partial charge in [-0.25, -0.2) is 9.97 Å². The number of piperazine rings is 1. The smallest absolute Gasteiger partial charge is 0.254 e. The number of carbonyl (C=O) groups is 1. The Morgan fingerprint density at radius 2 is 1.84 bits per heavy atom.